The Morgan fingerprint density at radius 2 is 1.82 bits per heavy atom. The Hall–Kier alpha value is -2.57. The van der Waals surface area contributed by atoms with Gasteiger partial charge < -0.3 is 21.1 Å². The van der Waals surface area contributed by atoms with Crippen LogP contribution in [-0.2, 0) is 4.79 Å². The number of benzene rings is 1. The molecule has 1 aliphatic carbocycles. The molecule has 1 aromatic rings. The van der Waals surface area contributed by atoms with Gasteiger partial charge in [0.2, 0.25) is 0 Å². The van der Waals surface area contributed by atoms with Crippen LogP contribution in [0.1, 0.15) is 36.0 Å². The fourth-order valence-electron chi connectivity index (χ4n) is 1.82. The minimum Gasteiger partial charge on any atom is -0.481 e. The first-order chi connectivity index (χ1) is 10.5. The van der Waals surface area contributed by atoms with E-state index in [1.165, 1.54) is 0 Å². The van der Waals surface area contributed by atoms with E-state index in [1.807, 2.05) is 0 Å². The summed E-state index contributed by atoms with van der Waals surface area (Å²) in [6, 6.07) is 6.51. The second-order valence-corrected chi connectivity index (χ2v) is 5.20. The number of anilines is 1. The van der Waals surface area contributed by atoms with Crippen molar-refractivity contribution in [3.8, 4) is 0 Å². The molecule has 0 aromatic heterocycles. The molecule has 0 saturated heterocycles. The molecular formula is C15H19N3O4. The smallest absolute Gasteiger partial charge is 0.319 e. The van der Waals surface area contributed by atoms with E-state index in [2.05, 4.69) is 16.0 Å². The number of hydrogen-bond donors (Lipinski definition) is 4. The van der Waals surface area contributed by atoms with Crippen LogP contribution in [0, 0.1) is 0 Å². The van der Waals surface area contributed by atoms with Crippen molar-refractivity contribution in [2.24, 2.45) is 0 Å². The Bertz CT molecular complexity index is 552. The predicted octanol–water partition coefficient (Wildman–Crippen LogP) is 1.57. The number of urea groups is 1. The van der Waals surface area contributed by atoms with Crippen LogP contribution in [0.3, 0.4) is 0 Å². The third-order valence-corrected chi connectivity index (χ3v) is 3.17. The average Bonchev–Trinajstić information content (AvgIpc) is 3.28. The summed E-state index contributed by atoms with van der Waals surface area (Å²) in [6.45, 7) is 0.292. The van der Waals surface area contributed by atoms with Crippen LogP contribution in [0.15, 0.2) is 24.3 Å². The molecule has 1 aromatic carbocycles. The highest BCUT2D eigenvalue weighted by Gasteiger charge is 2.23. The summed E-state index contributed by atoms with van der Waals surface area (Å²) in [5.41, 5.74) is 1.12. The molecule has 1 fully saturated rings. The molecule has 1 aliphatic rings. The van der Waals surface area contributed by atoms with Gasteiger partial charge in [-0.15, -0.1) is 0 Å². The Morgan fingerprint density at radius 1 is 1.14 bits per heavy atom. The van der Waals surface area contributed by atoms with Gasteiger partial charge in [0.05, 0.1) is 0 Å². The number of carbonyl (C=O) groups excluding carboxylic acids is 2. The molecule has 0 spiro atoms. The van der Waals surface area contributed by atoms with Gasteiger partial charge in [0.25, 0.3) is 5.91 Å². The predicted molar refractivity (Wildman–Crippen MR) is 80.8 cm³/mol. The maximum atomic E-state index is 11.8. The summed E-state index contributed by atoms with van der Waals surface area (Å²) in [6.07, 6.45) is 2.47. The zero-order valence-electron chi connectivity index (χ0n) is 12.1. The highest BCUT2D eigenvalue weighted by Crippen LogP contribution is 2.19. The monoisotopic (exact) mass is 305 g/mol. The van der Waals surface area contributed by atoms with Crippen LogP contribution in [0.2, 0.25) is 0 Å². The van der Waals surface area contributed by atoms with Gasteiger partial charge >= 0.3 is 12.0 Å². The molecule has 0 aliphatic heterocycles. The number of nitrogens with one attached hydrogen (secondary N) is 3. The topological polar surface area (TPSA) is 108 Å². The van der Waals surface area contributed by atoms with Crippen molar-refractivity contribution < 1.29 is 19.5 Å². The summed E-state index contributed by atoms with van der Waals surface area (Å²) in [4.78, 5) is 33.7. The van der Waals surface area contributed by atoms with Crippen molar-refractivity contribution in [2.45, 2.75) is 31.7 Å². The van der Waals surface area contributed by atoms with Crippen molar-refractivity contribution >= 4 is 23.6 Å². The highest BCUT2D eigenvalue weighted by molar-refractivity contribution is 5.95. The van der Waals surface area contributed by atoms with Gasteiger partial charge in [-0.25, -0.2) is 4.79 Å². The van der Waals surface area contributed by atoms with Gasteiger partial charge in [0.1, 0.15) is 0 Å². The first-order valence-corrected chi connectivity index (χ1v) is 7.22. The van der Waals surface area contributed by atoms with Crippen LogP contribution in [0.4, 0.5) is 10.5 Å². The first-order valence-electron chi connectivity index (χ1n) is 7.22. The molecule has 7 heteroatoms. The Balaban J connectivity index is 1.74. The second-order valence-electron chi connectivity index (χ2n) is 5.20. The molecule has 7 nitrogen and oxygen atoms in total. The van der Waals surface area contributed by atoms with Gasteiger partial charge in [-0.3, -0.25) is 9.59 Å². The molecule has 0 bridgehead atoms. The van der Waals surface area contributed by atoms with Crippen LogP contribution in [0.5, 0.6) is 0 Å². The number of amides is 3. The Morgan fingerprint density at radius 3 is 2.41 bits per heavy atom. The summed E-state index contributed by atoms with van der Waals surface area (Å²) in [7, 11) is 0. The third-order valence-electron chi connectivity index (χ3n) is 3.17. The first kappa shape index (κ1) is 15.8. The lowest BCUT2D eigenvalue weighted by molar-refractivity contribution is -0.137. The maximum Gasteiger partial charge on any atom is 0.319 e. The molecule has 2 rings (SSSR count). The maximum absolute atomic E-state index is 11.8. The van der Waals surface area contributed by atoms with Gasteiger partial charge in [-0.1, -0.05) is 0 Å². The molecule has 22 heavy (non-hydrogen) atoms. The van der Waals surface area contributed by atoms with E-state index in [9.17, 15) is 14.4 Å². The summed E-state index contributed by atoms with van der Waals surface area (Å²) in [5.74, 6) is -0.991. The Labute approximate surface area is 128 Å². The van der Waals surface area contributed by atoms with Crippen molar-refractivity contribution in [2.75, 3.05) is 11.9 Å². The molecule has 0 atom stereocenters. The van der Waals surface area contributed by atoms with Crippen molar-refractivity contribution in [3.63, 3.8) is 0 Å². The lowest BCUT2D eigenvalue weighted by Gasteiger charge is -2.08. The van der Waals surface area contributed by atoms with Crippen molar-refractivity contribution in [1.82, 2.24) is 10.6 Å². The van der Waals surface area contributed by atoms with E-state index in [-0.39, 0.29) is 12.3 Å². The van der Waals surface area contributed by atoms with Crippen molar-refractivity contribution in [1.29, 1.82) is 0 Å². The fourth-order valence-corrected chi connectivity index (χ4v) is 1.82. The molecule has 4 N–H and O–H groups in total. The van der Waals surface area contributed by atoms with Crippen LogP contribution in [-0.4, -0.2) is 35.6 Å². The molecule has 0 heterocycles. The van der Waals surface area contributed by atoms with Crippen LogP contribution < -0.4 is 16.0 Å². The molecule has 1 saturated carbocycles. The number of aliphatic carboxylic acids is 1. The van der Waals surface area contributed by atoms with E-state index in [0.29, 0.717) is 30.3 Å². The second kappa shape index (κ2) is 7.44. The average molecular weight is 305 g/mol. The van der Waals surface area contributed by atoms with Crippen LogP contribution in [0.25, 0.3) is 0 Å². The quantitative estimate of drug-likeness (QED) is 0.573. The molecule has 0 unspecified atom stereocenters. The summed E-state index contributed by atoms with van der Waals surface area (Å²) < 4.78 is 0. The fraction of sp³-hybridized carbons (Fsp3) is 0.400. The number of carbonyl (C=O) groups is 3. The number of rotatable bonds is 7. The largest absolute Gasteiger partial charge is 0.481 e. The zero-order chi connectivity index (χ0) is 15.9. The van der Waals surface area contributed by atoms with E-state index < -0.39 is 12.0 Å². The standard InChI is InChI=1S/C15H19N3O4/c19-13(20)2-1-9-16-15(22)18-12-5-3-10(4-6-12)14(21)17-11-7-8-11/h3-6,11H,1-2,7-9H2,(H,17,21)(H,19,20)(H2,16,18,22). The molecule has 0 radical (unpaired) electrons. The SMILES string of the molecule is O=C(O)CCCNC(=O)Nc1ccc(C(=O)NC2CC2)cc1. The third kappa shape index (κ3) is 5.43. The molecule has 118 valence electrons. The summed E-state index contributed by atoms with van der Waals surface area (Å²) in [5, 5.41) is 16.6. The summed E-state index contributed by atoms with van der Waals surface area (Å²) >= 11 is 0. The normalized spacial score (nSPS) is 13.3. The Kier molecular flexibility index (Phi) is 5.35. The van der Waals surface area contributed by atoms with Crippen LogP contribution >= 0.6 is 0 Å². The van der Waals surface area contributed by atoms with Crippen molar-refractivity contribution in [3.05, 3.63) is 29.8 Å². The number of carboxylic acids is 1. The van der Waals surface area contributed by atoms with Gasteiger partial charge in [-0.2, -0.15) is 0 Å². The van der Waals surface area contributed by atoms with E-state index in [0.717, 1.165) is 12.8 Å². The molecule has 3 amide bonds. The van der Waals surface area contributed by atoms with Gasteiger partial charge in [0, 0.05) is 30.3 Å². The molecular weight excluding hydrogens is 286 g/mol. The minimum atomic E-state index is -0.887. The lowest BCUT2D eigenvalue weighted by atomic mass is 10.2. The number of hydrogen-bond acceptors (Lipinski definition) is 3. The van der Waals surface area contributed by atoms with E-state index in [1.54, 1.807) is 24.3 Å². The lowest BCUT2D eigenvalue weighted by Crippen LogP contribution is -2.29. The minimum absolute atomic E-state index is 0.0189. The number of carboxylic acid groups (broad SMARTS) is 1. The van der Waals surface area contributed by atoms with E-state index >= 15 is 0 Å². The zero-order valence-corrected chi connectivity index (χ0v) is 12.1. The van der Waals surface area contributed by atoms with E-state index in [4.69, 9.17) is 5.11 Å². The van der Waals surface area contributed by atoms with Gasteiger partial charge in [-0.05, 0) is 43.5 Å². The van der Waals surface area contributed by atoms with Gasteiger partial charge in [0.15, 0.2) is 0 Å². The highest BCUT2D eigenvalue weighted by atomic mass is 16.4.